The number of Topliss-reactive ketones (excluding diaryl/α,β-unsaturated/α-hetero) is 1. The lowest BCUT2D eigenvalue weighted by molar-refractivity contribution is -0.137. The first-order valence-electron chi connectivity index (χ1n) is 10.9. The first-order valence-corrected chi connectivity index (χ1v) is 10.9. The number of carbonyl (C=O) groups is 1. The van der Waals surface area contributed by atoms with E-state index in [2.05, 4.69) is 10.00 Å². The fourth-order valence-electron chi connectivity index (χ4n) is 4.25. The number of aryl methyl sites for hydroxylation is 1. The third kappa shape index (κ3) is 5.17. The Bertz CT molecular complexity index is 1120. The van der Waals surface area contributed by atoms with Crippen LogP contribution in [0.25, 0.3) is 5.69 Å². The van der Waals surface area contributed by atoms with Crippen LogP contribution in [0, 0.1) is 6.92 Å². The van der Waals surface area contributed by atoms with Gasteiger partial charge in [-0.25, -0.2) is 4.68 Å². The van der Waals surface area contributed by atoms with Gasteiger partial charge in [0.25, 0.3) is 0 Å². The zero-order chi connectivity index (χ0) is 23.6. The number of para-hydroxylation sites is 1. The topological polar surface area (TPSA) is 58.4 Å². The summed E-state index contributed by atoms with van der Waals surface area (Å²) in [6.45, 7) is 3.40. The van der Waals surface area contributed by atoms with E-state index >= 15 is 0 Å². The number of carbonyl (C=O) groups excluding carboxylic acids is 1. The minimum atomic E-state index is -4.45. The van der Waals surface area contributed by atoms with Gasteiger partial charge in [0.05, 0.1) is 16.9 Å². The Morgan fingerprint density at radius 1 is 1.06 bits per heavy atom. The van der Waals surface area contributed by atoms with Crippen molar-refractivity contribution in [3.8, 4) is 5.69 Å². The number of hydrogen-bond donors (Lipinski definition) is 1. The number of benzene rings is 2. The Balaban J connectivity index is 1.34. The Hall–Kier alpha value is -2.97. The van der Waals surface area contributed by atoms with Gasteiger partial charge in [0.2, 0.25) is 0 Å². The van der Waals surface area contributed by atoms with Crippen LogP contribution in [0.2, 0.25) is 0 Å². The number of aromatic nitrogens is 2. The van der Waals surface area contributed by atoms with E-state index in [9.17, 15) is 23.1 Å². The summed E-state index contributed by atoms with van der Waals surface area (Å²) in [6.07, 6.45) is -3.54. The number of nitrogens with zero attached hydrogens (tertiary/aromatic N) is 3. The van der Waals surface area contributed by atoms with Gasteiger partial charge in [-0.15, -0.1) is 0 Å². The number of halogens is 3. The molecule has 4 rings (SSSR count). The zero-order valence-electron chi connectivity index (χ0n) is 18.3. The molecule has 1 saturated heterocycles. The van der Waals surface area contributed by atoms with Crippen LogP contribution in [0.1, 0.15) is 46.6 Å². The van der Waals surface area contributed by atoms with Gasteiger partial charge in [0.1, 0.15) is 5.69 Å². The predicted octanol–water partition coefficient (Wildman–Crippen LogP) is 4.76. The van der Waals surface area contributed by atoms with Crippen molar-refractivity contribution in [1.82, 2.24) is 14.7 Å². The molecule has 1 N–H and O–H groups in total. The highest BCUT2D eigenvalue weighted by Gasteiger charge is 2.37. The second-order valence-corrected chi connectivity index (χ2v) is 8.54. The van der Waals surface area contributed by atoms with Crippen molar-refractivity contribution in [2.75, 3.05) is 19.6 Å². The van der Waals surface area contributed by atoms with E-state index in [0.29, 0.717) is 38.2 Å². The largest absolute Gasteiger partial charge is 0.416 e. The molecule has 0 bridgehead atoms. The molecular weight excluding hydrogens is 431 g/mol. The van der Waals surface area contributed by atoms with Crippen LogP contribution in [0.15, 0.2) is 60.7 Å². The van der Waals surface area contributed by atoms with Gasteiger partial charge in [-0.05, 0) is 55.7 Å². The number of alkyl halides is 3. The van der Waals surface area contributed by atoms with Crippen LogP contribution in [-0.2, 0) is 11.8 Å². The van der Waals surface area contributed by atoms with Crippen LogP contribution >= 0.6 is 0 Å². The van der Waals surface area contributed by atoms with Crippen LogP contribution < -0.4 is 0 Å². The standard InChI is InChI=1S/C25H26F3N3O2/c1-18-16-22(29-31(18)21-8-3-2-4-9-21)23(32)10-13-30-14-11-24(33,12-15-30)19-6-5-7-20(17-19)25(26,27)28/h2-9,16-17,33H,10-15H2,1H3. The number of piperidine rings is 1. The highest BCUT2D eigenvalue weighted by molar-refractivity contribution is 5.94. The number of hydrogen-bond acceptors (Lipinski definition) is 4. The molecule has 0 saturated carbocycles. The minimum Gasteiger partial charge on any atom is -0.385 e. The molecule has 8 heteroatoms. The molecule has 1 aromatic heterocycles. The van der Waals surface area contributed by atoms with E-state index in [1.54, 1.807) is 16.8 Å². The lowest BCUT2D eigenvalue weighted by Gasteiger charge is -2.38. The van der Waals surface area contributed by atoms with Crippen molar-refractivity contribution in [2.45, 2.75) is 38.0 Å². The molecule has 0 atom stereocenters. The van der Waals surface area contributed by atoms with Crippen molar-refractivity contribution in [2.24, 2.45) is 0 Å². The van der Waals surface area contributed by atoms with E-state index in [4.69, 9.17) is 0 Å². The maximum Gasteiger partial charge on any atom is 0.416 e. The molecule has 0 spiro atoms. The molecule has 33 heavy (non-hydrogen) atoms. The monoisotopic (exact) mass is 457 g/mol. The SMILES string of the molecule is Cc1cc(C(=O)CCN2CCC(O)(c3cccc(C(F)(F)F)c3)CC2)nn1-c1ccccc1. The van der Waals surface area contributed by atoms with E-state index in [0.717, 1.165) is 23.5 Å². The van der Waals surface area contributed by atoms with Gasteiger partial charge in [-0.1, -0.05) is 30.3 Å². The molecule has 5 nitrogen and oxygen atoms in total. The first-order chi connectivity index (χ1) is 15.7. The molecule has 0 unspecified atom stereocenters. The summed E-state index contributed by atoms with van der Waals surface area (Å²) in [5.41, 5.74) is 0.399. The van der Waals surface area contributed by atoms with Gasteiger partial charge < -0.3 is 10.0 Å². The molecule has 0 amide bonds. The predicted molar refractivity (Wildman–Crippen MR) is 118 cm³/mol. The maximum atomic E-state index is 13.0. The fourth-order valence-corrected chi connectivity index (χ4v) is 4.25. The average Bonchev–Trinajstić information content (AvgIpc) is 3.20. The van der Waals surface area contributed by atoms with Crippen molar-refractivity contribution < 1.29 is 23.1 Å². The average molecular weight is 457 g/mol. The van der Waals surface area contributed by atoms with E-state index < -0.39 is 17.3 Å². The molecule has 1 fully saturated rings. The number of ketones is 1. The van der Waals surface area contributed by atoms with Crippen LogP contribution in [0.5, 0.6) is 0 Å². The Morgan fingerprint density at radius 2 is 1.76 bits per heavy atom. The third-order valence-corrected chi connectivity index (χ3v) is 6.24. The highest BCUT2D eigenvalue weighted by Crippen LogP contribution is 2.36. The lowest BCUT2D eigenvalue weighted by atomic mass is 9.83. The quantitative estimate of drug-likeness (QED) is 0.543. The van der Waals surface area contributed by atoms with Crippen LogP contribution in [0.4, 0.5) is 13.2 Å². The van der Waals surface area contributed by atoms with Gasteiger partial charge in [0, 0.05) is 31.7 Å². The molecule has 2 heterocycles. The summed E-state index contributed by atoms with van der Waals surface area (Å²) in [5, 5.41) is 15.4. The van der Waals surface area contributed by atoms with E-state index in [-0.39, 0.29) is 17.8 Å². The fraction of sp³-hybridized carbons (Fsp3) is 0.360. The molecule has 2 aromatic carbocycles. The lowest BCUT2D eigenvalue weighted by Crippen LogP contribution is -2.43. The van der Waals surface area contributed by atoms with Crippen LogP contribution in [-0.4, -0.2) is 45.2 Å². The third-order valence-electron chi connectivity index (χ3n) is 6.24. The van der Waals surface area contributed by atoms with Gasteiger partial charge in [-0.2, -0.15) is 18.3 Å². The second-order valence-electron chi connectivity index (χ2n) is 8.54. The van der Waals surface area contributed by atoms with Crippen molar-refractivity contribution in [3.05, 3.63) is 83.2 Å². The van der Waals surface area contributed by atoms with Crippen LogP contribution in [0.3, 0.4) is 0 Å². The minimum absolute atomic E-state index is 0.0634. The smallest absolute Gasteiger partial charge is 0.385 e. The van der Waals surface area contributed by atoms with Gasteiger partial charge >= 0.3 is 6.18 Å². The normalized spacial score (nSPS) is 16.6. The summed E-state index contributed by atoms with van der Waals surface area (Å²) >= 11 is 0. The summed E-state index contributed by atoms with van der Waals surface area (Å²) in [4.78, 5) is 14.8. The Morgan fingerprint density at radius 3 is 2.42 bits per heavy atom. The van der Waals surface area contributed by atoms with Crippen molar-refractivity contribution >= 4 is 5.78 Å². The number of rotatable bonds is 6. The first kappa shape index (κ1) is 23.2. The molecule has 0 radical (unpaired) electrons. The molecule has 1 aliphatic heterocycles. The van der Waals surface area contributed by atoms with E-state index in [1.165, 1.54) is 6.07 Å². The second kappa shape index (κ2) is 9.11. The summed E-state index contributed by atoms with van der Waals surface area (Å²) in [6, 6.07) is 16.3. The molecule has 0 aliphatic carbocycles. The molecule has 3 aromatic rings. The molecule has 1 aliphatic rings. The highest BCUT2D eigenvalue weighted by atomic mass is 19.4. The maximum absolute atomic E-state index is 13.0. The Labute approximate surface area is 190 Å². The number of likely N-dealkylation sites (tertiary alicyclic amines) is 1. The summed E-state index contributed by atoms with van der Waals surface area (Å²) in [5.74, 6) is -0.0634. The molecule has 174 valence electrons. The Kier molecular flexibility index (Phi) is 6.41. The van der Waals surface area contributed by atoms with Crippen molar-refractivity contribution in [3.63, 3.8) is 0 Å². The molecular formula is C25H26F3N3O2. The van der Waals surface area contributed by atoms with Gasteiger partial charge in [-0.3, -0.25) is 4.79 Å². The van der Waals surface area contributed by atoms with E-state index in [1.807, 2.05) is 37.3 Å². The summed E-state index contributed by atoms with van der Waals surface area (Å²) < 4.78 is 40.8. The summed E-state index contributed by atoms with van der Waals surface area (Å²) in [7, 11) is 0. The zero-order valence-corrected chi connectivity index (χ0v) is 18.3. The number of aliphatic hydroxyl groups is 1. The van der Waals surface area contributed by atoms with Crippen molar-refractivity contribution in [1.29, 1.82) is 0 Å². The van der Waals surface area contributed by atoms with Gasteiger partial charge in [0.15, 0.2) is 5.78 Å².